The van der Waals surface area contributed by atoms with Gasteiger partial charge in [-0.1, -0.05) is 0 Å². The third kappa shape index (κ3) is 3.39. The summed E-state index contributed by atoms with van der Waals surface area (Å²) in [5.41, 5.74) is -0.0305. The minimum absolute atomic E-state index is 0.0305. The maximum absolute atomic E-state index is 11.8. The van der Waals surface area contributed by atoms with Gasteiger partial charge in [0.2, 0.25) is 0 Å². The van der Waals surface area contributed by atoms with Crippen LogP contribution in [0.4, 0.5) is 8.78 Å². The van der Waals surface area contributed by atoms with E-state index in [0.717, 1.165) is 6.07 Å². The van der Waals surface area contributed by atoms with Crippen LogP contribution in [0.1, 0.15) is 10.4 Å². The van der Waals surface area contributed by atoms with E-state index < -0.39 is 19.0 Å². The van der Waals surface area contributed by atoms with E-state index in [-0.39, 0.29) is 11.3 Å². The van der Waals surface area contributed by atoms with E-state index in [0.29, 0.717) is 4.90 Å². The Morgan fingerprint density at radius 2 is 2.20 bits per heavy atom. The first-order chi connectivity index (χ1) is 7.00. The molecule has 3 nitrogen and oxygen atoms in total. The maximum Gasteiger partial charge on any atom is 0.335 e. The predicted octanol–water partition coefficient (Wildman–Crippen LogP) is 2.32. The molecule has 0 amide bonds. The molecule has 0 aliphatic rings. The molecule has 0 saturated heterocycles. The fourth-order valence-electron chi connectivity index (χ4n) is 0.916. The smallest absolute Gasteiger partial charge is 0.335 e. The number of hydrogen-bond acceptors (Lipinski definition) is 3. The van der Waals surface area contributed by atoms with Crippen LogP contribution in [-0.2, 0) is 0 Å². The lowest BCUT2D eigenvalue weighted by molar-refractivity contribution is 0.0694. The number of carboxylic acid groups (broad SMARTS) is 1. The number of hydrogen-bond donors (Lipinski definition) is 2. The van der Waals surface area contributed by atoms with E-state index in [9.17, 15) is 13.6 Å². The molecular weight excluding hydrogens is 226 g/mol. The Labute approximate surface area is 90.1 Å². The van der Waals surface area contributed by atoms with Crippen LogP contribution in [-0.4, -0.2) is 24.1 Å². The van der Waals surface area contributed by atoms with Crippen molar-refractivity contribution in [3.8, 4) is 5.75 Å². The molecule has 1 rings (SSSR count). The van der Waals surface area contributed by atoms with Gasteiger partial charge < -0.3 is 9.84 Å². The highest BCUT2D eigenvalue weighted by molar-refractivity contribution is 7.80. The van der Waals surface area contributed by atoms with Gasteiger partial charge in [0.25, 0.3) is 6.43 Å². The van der Waals surface area contributed by atoms with Crippen LogP contribution >= 0.6 is 12.6 Å². The lowest BCUT2D eigenvalue weighted by Gasteiger charge is -2.08. The zero-order valence-electron chi connectivity index (χ0n) is 7.48. The molecule has 1 aromatic carbocycles. The molecule has 0 fully saturated rings. The number of alkyl halides is 2. The molecule has 0 bridgehead atoms. The number of carboxylic acids is 1. The highest BCUT2D eigenvalue weighted by atomic mass is 32.1. The predicted molar refractivity (Wildman–Crippen MR) is 52.2 cm³/mol. The average molecular weight is 234 g/mol. The van der Waals surface area contributed by atoms with Gasteiger partial charge in [-0.15, -0.1) is 12.6 Å². The summed E-state index contributed by atoms with van der Waals surface area (Å²) in [6, 6.07) is 3.86. The van der Waals surface area contributed by atoms with E-state index in [1.165, 1.54) is 12.1 Å². The lowest BCUT2D eigenvalue weighted by atomic mass is 10.2. The van der Waals surface area contributed by atoms with Gasteiger partial charge in [-0.25, -0.2) is 13.6 Å². The van der Waals surface area contributed by atoms with Crippen LogP contribution in [0.5, 0.6) is 5.75 Å². The standard InChI is InChI=1S/C9H8F2O3S/c10-8(11)4-14-6-3-5(9(12)13)1-2-7(6)15/h1-3,8,15H,4H2,(H,12,13). The van der Waals surface area contributed by atoms with Crippen molar-refractivity contribution in [2.75, 3.05) is 6.61 Å². The zero-order valence-corrected chi connectivity index (χ0v) is 8.38. The highest BCUT2D eigenvalue weighted by Crippen LogP contribution is 2.24. The molecule has 0 atom stereocenters. The van der Waals surface area contributed by atoms with Crippen molar-refractivity contribution in [2.45, 2.75) is 11.3 Å². The van der Waals surface area contributed by atoms with Crippen molar-refractivity contribution < 1.29 is 23.4 Å². The number of carbonyl (C=O) groups is 1. The summed E-state index contributed by atoms with van der Waals surface area (Å²) in [4.78, 5) is 10.9. The van der Waals surface area contributed by atoms with E-state index in [1.54, 1.807) is 0 Å². The Hall–Kier alpha value is -1.30. The molecule has 0 saturated carbocycles. The molecule has 1 aromatic rings. The van der Waals surface area contributed by atoms with E-state index in [2.05, 4.69) is 12.6 Å². The minimum Gasteiger partial charge on any atom is -0.486 e. The quantitative estimate of drug-likeness (QED) is 0.786. The van der Waals surface area contributed by atoms with Crippen LogP contribution < -0.4 is 4.74 Å². The molecule has 1 N–H and O–H groups in total. The SMILES string of the molecule is O=C(O)c1ccc(S)c(OCC(F)F)c1. The summed E-state index contributed by atoms with van der Waals surface area (Å²) in [5.74, 6) is -1.11. The van der Waals surface area contributed by atoms with Gasteiger partial charge in [0.15, 0.2) is 0 Å². The second-order valence-electron chi connectivity index (χ2n) is 2.69. The van der Waals surface area contributed by atoms with Crippen LogP contribution in [0.25, 0.3) is 0 Å². The molecule has 6 heteroatoms. The Morgan fingerprint density at radius 1 is 1.53 bits per heavy atom. The molecule has 15 heavy (non-hydrogen) atoms. The number of benzene rings is 1. The van der Waals surface area contributed by atoms with Crippen LogP contribution in [0.2, 0.25) is 0 Å². The second-order valence-corrected chi connectivity index (χ2v) is 3.17. The van der Waals surface area contributed by atoms with Crippen molar-refractivity contribution in [3.05, 3.63) is 23.8 Å². The largest absolute Gasteiger partial charge is 0.486 e. The zero-order chi connectivity index (χ0) is 11.4. The summed E-state index contributed by atoms with van der Waals surface area (Å²) in [6.07, 6.45) is -2.61. The molecular formula is C9H8F2O3S. The number of ether oxygens (including phenoxy) is 1. The highest BCUT2D eigenvalue weighted by Gasteiger charge is 2.09. The van der Waals surface area contributed by atoms with Crippen LogP contribution in [0.3, 0.4) is 0 Å². The minimum atomic E-state index is -2.61. The Bertz CT molecular complexity index is 368. The average Bonchev–Trinajstić information content (AvgIpc) is 2.16. The first kappa shape index (κ1) is 11.8. The van der Waals surface area contributed by atoms with E-state index in [1.807, 2.05) is 0 Å². The first-order valence-corrected chi connectivity index (χ1v) is 4.42. The van der Waals surface area contributed by atoms with Gasteiger partial charge in [-0.3, -0.25) is 0 Å². The van der Waals surface area contributed by atoms with Crippen molar-refractivity contribution in [3.63, 3.8) is 0 Å². The van der Waals surface area contributed by atoms with Gasteiger partial charge in [-0.05, 0) is 18.2 Å². The van der Waals surface area contributed by atoms with Crippen molar-refractivity contribution in [1.82, 2.24) is 0 Å². The fraction of sp³-hybridized carbons (Fsp3) is 0.222. The molecule has 0 aliphatic heterocycles. The van der Waals surface area contributed by atoms with Gasteiger partial charge >= 0.3 is 5.97 Å². The van der Waals surface area contributed by atoms with Gasteiger partial charge in [0.1, 0.15) is 12.4 Å². The summed E-state index contributed by atoms with van der Waals surface area (Å²) in [5, 5.41) is 8.65. The van der Waals surface area contributed by atoms with Crippen molar-refractivity contribution in [1.29, 1.82) is 0 Å². The molecule has 0 spiro atoms. The number of thiol groups is 1. The monoisotopic (exact) mass is 234 g/mol. The normalized spacial score (nSPS) is 10.4. The summed E-state index contributed by atoms with van der Waals surface area (Å²) in [6.45, 7) is -0.781. The third-order valence-electron chi connectivity index (χ3n) is 1.57. The Balaban J connectivity index is 2.85. The van der Waals surface area contributed by atoms with Gasteiger partial charge in [-0.2, -0.15) is 0 Å². The van der Waals surface area contributed by atoms with Crippen LogP contribution in [0.15, 0.2) is 23.1 Å². The summed E-state index contributed by atoms with van der Waals surface area (Å²) >= 11 is 3.95. The number of rotatable bonds is 4. The second kappa shape index (κ2) is 4.97. The molecule has 0 radical (unpaired) electrons. The van der Waals surface area contributed by atoms with Crippen molar-refractivity contribution in [2.24, 2.45) is 0 Å². The number of halogens is 2. The molecule has 0 aromatic heterocycles. The molecule has 0 aliphatic carbocycles. The van der Waals surface area contributed by atoms with Crippen LogP contribution in [0, 0.1) is 0 Å². The lowest BCUT2D eigenvalue weighted by Crippen LogP contribution is -2.08. The topological polar surface area (TPSA) is 46.5 Å². The maximum atomic E-state index is 11.8. The van der Waals surface area contributed by atoms with E-state index in [4.69, 9.17) is 9.84 Å². The molecule has 0 heterocycles. The van der Waals surface area contributed by atoms with Gasteiger partial charge in [0.05, 0.1) is 5.56 Å². The third-order valence-corrected chi connectivity index (χ3v) is 1.94. The number of aromatic carboxylic acids is 1. The molecule has 82 valence electrons. The molecule has 0 unspecified atom stereocenters. The Morgan fingerprint density at radius 3 is 2.73 bits per heavy atom. The first-order valence-electron chi connectivity index (χ1n) is 3.98. The van der Waals surface area contributed by atoms with Crippen molar-refractivity contribution >= 4 is 18.6 Å². The summed E-state index contributed by atoms with van der Waals surface area (Å²) in [7, 11) is 0. The summed E-state index contributed by atoms with van der Waals surface area (Å²) < 4.78 is 28.4. The Kier molecular flexibility index (Phi) is 3.90. The van der Waals surface area contributed by atoms with E-state index >= 15 is 0 Å². The fourth-order valence-corrected chi connectivity index (χ4v) is 1.12. The van der Waals surface area contributed by atoms with Gasteiger partial charge in [0, 0.05) is 4.90 Å².